The molecule has 0 aliphatic heterocycles. The summed E-state index contributed by atoms with van der Waals surface area (Å²) >= 11 is 5.86. The molecule has 0 saturated heterocycles. The molecular formula is C15H11ClN2O2. The van der Waals surface area contributed by atoms with E-state index in [0.717, 1.165) is 11.4 Å². The predicted octanol–water partition coefficient (Wildman–Crippen LogP) is 3.28. The maximum absolute atomic E-state index is 11.2. The summed E-state index contributed by atoms with van der Waals surface area (Å²) < 4.78 is 1.80. The summed E-state index contributed by atoms with van der Waals surface area (Å²) in [6, 6.07) is 10.8. The van der Waals surface area contributed by atoms with E-state index in [4.69, 9.17) is 16.7 Å². The molecule has 2 heterocycles. The van der Waals surface area contributed by atoms with Gasteiger partial charge in [0, 0.05) is 17.6 Å². The Hall–Kier alpha value is -2.33. The van der Waals surface area contributed by atoms with Crippen LogP contribution in [0.2, 0.25) is 5.02 Å². The number of pyridine rings is 1. The van der Waals surface area contributed by atoms with Gasteiger partial charge in [0.15, 0.2) is 0 Å². The van der Waals surface area contributed by atoms with E-state index in [2.05, 4.69) is 4.98 Å². The van der Waals surface area contributed by atoms with Crippen LogP contribution in [0.5, 0.6) is 0 Å². The molecular weight excluding hydrogens is 276 g/mol. The van der Waals surface area contributed by atoms with Gasteiger partial charge in [0.2, 0.25) is 0 Å². The number of fused-ring (bicyclic) bond motifs is 1. The van der Waals surface area contributed by atoms with Gasteiger partial charge in [0.05, 0.1) is 17.3 Å². The number of hydrogen-bond acceptors (Lipinski definition) is 2. The van der Waals surface area contributed by atoms with Crippen LogP contribution in [-0.2, 0) is 6.42 Å². The fourth-order valence-corrected chi connectivity index (χ4v) is 2.30. The van der Waals surface area contributed by atoms with E-state index in [1.54, 1.807) is 22.7 Å². The minimum absolute atomic E-state index is 0.252. The van der Waals surface area contributed by atoms with Crippen molar-refractivity contribution in [2.45, 2.75) is 6.42 Å². The van der Waals surface area contributed by atoms with Crippen molar-refractivity contribution in [3.8, 4) is 0 Å². The largest absolute Gasteiger partial charge is 0.478 e. The highest BCUT2D eigenvalue weighted by Gasteiger charge is 2.12. The molecule has 1 N–H and O–H groups in total. The first kappa shape index (κ1) is 12.7. The highest BCUT2D eigenvalue weighted by Crippen LogP contribution is 2.17. The number of imidazole rings is 1. The van der Waals surface area contributed by atoms with Crippen molar-refractivity contribution in [3.63, 3.8) is 0 Å². The van der Waals surface area contributed by atoms with Gasteiger partial charge in [-0.15, -0.1) is 0 Å². The Balaban J connectivity index is 2.03. The quantitative estimate of drug-likeness (QED) is 0.804. The molecule has 0 saturated carbocycles. The van der Waals surface area contributed by atoms with Gasteiger partial charge in [-0.2, -0.15) is 0 Å². The molecule has 0 amide bonds. The molecule has 5 heteroatoms. The van der Waals surface area contributed by atoms with E-state index >= 15 is 0 Å². The standard InChI is InChI=1S/C15H11ClN2O2/c16-11-5-3-10(4-6-11)8-14-17-9-13-12(15(19)20)2-1-7-18(13)14/h1-7,9H,8H2,(H,19,20). The first-order chi connectivity index (χ1) is 9.65. The molecule has 3 aromatic rings. The third kappa shape index (κ3) is 2.26. The Bertz CT molecular complexity index is 778. The molecule has 0 spiro atoms. The number of aromatic nitrogens is 2. The molecule has 0 atom stereocenters. The van der Waals surface area contributed by atoms with E-state index < -0.39 is 5.97 Å². The number of benzene rings is 1. The van der Waals surface area contributed by atoms with Crippen LogP contribution in [0.3, 0.4) is 0 Å². The Morgan fingerprint density at radius 1 is 1.25 bits per heavy atom. The zero-order valence-electron chi connectivity index (χ0n) is 10.5. The Kier molecular flexibility index (Phi) is 3.16. The van der Waals surface area contributed by atoms with Gasteiger partial charge >= 0.3 is 5.97 Å². The summed E-state index contributed by atoms with van der Waals surface area (Å²) in [6.45, 7) is 0. The van der Waals surface area contributed by atoms with Gasteiger partial charge in [-0.3, -0.25) is 0 Å². The number of carboxylic acid groups (broad SMARTS) is 1. The van der Waals surface area contributed by atoms with Gasteiger partial charge in [-0.1, -0.05) is 23.7 Å². The second-order valence-corrected chi connectivity index (χ2v) is 4.90. The molecule has 0 fully saturated rings. The van der Waals surface area contributed by atoms with Crippen LogP contribution in [0.15, 0.2) is 48.8 Å². The molecule has 100 valence electrons. The van der Waals surface area contributed by atoms with E-state index in [0.29, 0.717) is 17.0 Å². The molecule has 0 aliphatic rings. The lowest BCUT2D eigenvalue weighted by atomic mass is 10.1. The third-order valence-corrected chi connectivity index (χ3v) is 3.41. The van der Waals surface area contributed by atoms with Crippen molar-refractivity contribution >= 4 is 23.1 Å². The van der Waals surface area contributed by atoms with Crippen LogP contribution in [0, 0.1) is 0 Å². The molecule has 3 rings (SSSR count). The maximum Gasteiger partial charge on any atom is 0.337 e. The minimum Gasteiger partial charge on any atom is -0.478 e. The van der Waals surface area contributed by atoms with Crippen LogP contribution in [-0.4, -0.2) is 20.5 Å². The van der Waals surface area contributed by atoms with Gasteiger partial charge in [-0.05, 0) is 29.8 Å². The van der Waals surface area contributed by atoms with Crippen LogP contribution in [0.4, 0.5) is 0 Å². The van der Waals surface area contributed by atoms with Crippen molar-refractivity contribution in [1.82, 2.24) is 9.38 Å². The molecule has 20 heavy (non-hydrogen) atoms. The maximum atomic E-state index is 11.2. The topological polar surface area (TPSA) is 54.6 Å². The average molecular weight is 287 g/mol. The van der Waals surface area contributed by atoms with E-state index in [1.165, 1.54) is 0 Å². The van der Waals surface area contributed by atoms with Crippen LogP contribution in [0.1, 0.15) is 21.7 Å². The number of carboxylic acids is 1. The third-order valence-electron chi connectivity index (χ3n) is 3.15. The average Bonchev–Trinajstić information content (AvgIpc) is 2.84. The number of nitrogens with zero attached hydrogens (tertiary/aromatic N) is 2. The lowest BCUT2D eigenvalue weighted by Crippen LogP contribution is -2.01. The van der Waals surface area contributed by atoms with Crippen LogP contribution < -0.4 is 0 Å². The molecule has 1 aromatic carbocycles. The number of aromatic carboxylic acids is 1. The van der Waals surface area contributed by atoms with Gasteiger partial charge < -0.3 is 9.51 Å². The summed E-state index contributed by atoms with van der Waals surface area (Å²) in [4.78, 5) is 15.5. The van der Waals surface area contributed by atoms with Gasteiger partial charge in [0.25, 0.3) is 0 Å². The minimum atomic E-state index is -0.950. The number of hydrogen-bond donors (Lipinski definition) is 1. The monoisotopic (exact) mass is 286 g/mol. The summed E-state index contributed by atoms with van der Waals surface area (Å²) in [6.07, 6.45) is 4.03. The highest BCUT2D eigenvalue weighted by molar-refractivity contribution is 6.30. The zero-order chi connectivity index (χ0) is 14.1. The fraction of sp³-hybridized carbons (Fsp3) is 0.0667. The fourth-order valence-electron chi connectivity index (χ4n) is 2.17. The van der Waals surface area contributed by atoms with Gasteiger partial charge in [-0.25, -0.2) is 9.78 Å². The molecule has 4 nitrogen and oxygen atoms in total. The zero-order valence-corrected chi connectivity index (χ0v) is 11.2. The number of halogens is 1. The number of carbonyl (C=O) groups is 1. The lowest BCUT2D eigenvalue weighted by Gasteiger charge is -2.03. The Morgan fingerprint density at radius 3 is 2.70 bits per heavy atom. The second-order valence-electron chi connectivity index (χ2n) is 4.46. The van der Waals surface area contributed by atoms with Crippen LogP contribution >= 0.6 is 11.6 Å². The summed E-state index contributed by atoms with van der Waals surface area (Å²) in [5.74, 6) is -0.154. The summed E-state index contributed by atoms with van der Waals surface area (Å²) in [5, 5.41) is 9.85. The molecule has 0 unspecified atom stereocenters. The Morgan fingerprint density at radius 2 is 2.00 bits per heavy atom. The SMILES string of the molecule is O=C(O)c1cccn2c(Cc3ccc(Cl)cc3)ncc12. The van der Waals surface area contributed by atoms with Crippen molar-refractivity contribution in [3.05, 3.63) is 70.8 Å². The molecule has 0 radical (unpaired) electrons. The van der Waals surface area contributed by atoms with Gasteiger partial charge in [0.1, 0.15) is 5.82 Å². The predicted molar refractivity (Wildman–Crippen MR) is 76.4 cm³/mol. The Labute approximate surface area is 120 Å². The lowest BCUT2D eigenvalue weighted by molar-refractivity contribution is 0.0698. The first-order valence-corrected chi connectivity index (χ1v) is 6.45. The van der Waals surface area contributed by atoms with E-state index in [-0.39, 0.29) is 5.56 Å². The van der Waals surface area contributed by atoms with Crippen molar-refractivity contribution in [1.29, 1.82) is 0 Å². The van der Waals surface area contributed by atoms with Crippen LogP contribution in [0.25, 0.3) is 5.52 Å². The van der Waals surface area contributed by atoms with Crippen molar-refractivity contribution < 1.29 is 9.90 Å². The van der Waals surface area contributed by atoms with Crippen molar-refractivity contribution in [2.75, 3.05) is 0 Å². The molecule has 2 aromatic heterocycles. The normalized spacial score (nSPS) is 10.8. The van der Waals surface area contributed by atoms with Crippen molar-refractivity contribution in [2.24, 2.45) is 0 Å². The molecule has 0 aliphatic carbocycles. The first-order valence-electron chi connectivity index (χ1n) is 6.08. The second kappa shape index (κ2) is 4.98. The summed E-state index contributed by atoms with van der Waals surface area (Å²) in [7, 11) is 0. The van der Waals surface area contributed by atoms with E-state index in [1.807, 2.05) is 30.5 Å². The highest BCUT2D eigenvalue weighted by atomic mass is 35.5. The smallest absolute Gasteiger partial charge is 0.337 e. The number of rotatable bonds is 3. The molecule has 0 bridgehead atoms. The summed E-state index contributed by atoms with van der Waals surface area (Å²) in [5.41, 5.74) is 1.92. The van der Waals surface area contributed by atoms with E-state index in [9.17, 15) is 4.79 Å².